The summed E-state index contributed by atoms with van der Waals surface area (Å²) in [6, 6.07) is 7.33. The second kappa shape index (κ2) is 6.03. The molecular formula is C15H11Cl2F2NS. The minimum atomic E-state index is -0.485. The Morgan fingerprint density at radius 2 is 1.86 bits per heavy atom. The summed E-state index contributed by atoms with van der Waals surface area (Å²) in [6.45, 7) is 0. The van der Waals surface area contributed by atoms with Crippen molar-refractivity contribution in [2.45, 2.75) is 17.4 Å². The van der Waals surface area contributed by atoms with Gasteiger partial charge in [0.15, 0.2) is 0 Å². The molecule has 3 rings (SSSR count). The molecule has 110 valence electrons. The Balaban J connectivity index is 1.96. The topological polar surface area (TPSA) is 12.0 Å². The maximum absolute atomic E-state index is 13.8. The highest BCUT2D eigenvalue weighted by Crippen LogP contribution is 2.41. The van der Waals surface area contributed by atoms with Crippen LogP contribution < -0.4 is 5.32 Å². The van der Waals surface area contributed by atoms with Gasteiger partial charge in [-0.25, -0.2) is 8.78 Å². The van der Waals surface area contributed by atoms with Gasteiger partial charge in [-0.05, 0) is 30.2 Å². The van der Waals surface area contributed by atoms with Crippen molar-refractivity contribution in [3.8, 4) is 0 Å². The molecule has 0 fully saturated rings. The molecule has 0 radical (unpaired) electrons. The van der Waals surface area contributed by atoms with Crippen LogP contribution in [0.3, 0.4) is 0 Å². The van der Waals surface area contributed by atoms with Crippen LogP contribution in [-0.2, 0) is 0 Å². The summed E-state index contributed by atoms with van der Waals surface area (Å²) in [5.41, 5.74) is 1.36. The van der Waals surface area contributed by atoms with E-state index in [1.165, 1.54) is 30.0 Å². The average molecular weight is 346 g/mol. The van der Waals surface area contributed by atoms with E-state index in [-0.39, 0.29) is 21.9 Å². The third-order valence-corrected chi connectivity index (χ3v) is 5.11. The van der Waals surface area contributed by atoms with Crippen molar-refractivity contribution >= 4 is 40.7 Å². The summed E-state index contributed by atoms with van der Waals surface area (Å²) >= 11 is 13.6. The zero-order valence-electron chi connectivity index (χ0n) is 10.8. The maximum atomic E-state index is 13.8. The molecule has 1 nitrogen and oxygen atoms in total. The first kappa shape index (κ1) is 14.9. The van der Waals surface area contributed by atoms with Gasteiger partial charge < -0.3 is 5.32 Å². The average Bonchev–Trinajstić information content (AvgIpc) is 2.43. The fourth-order valence-corrected chi connectivity index (χ4v) is 4.10. The molecule has 1 aliphatic heterocycles. The minimum absolute atomic E-state index is 0.0996. The number of hydrogen-bond acceptors (Lipinski definition) is 2. The predicted octanol–water partition coefficient (Wildman–Crippen LogP) is 5.92. The Kier molecular flexibility index (Phi) is 4.29. The molecule has 1 heterocycles. The third-order valence-electron chi connectivity index (χ3n) is 3.35. The van der Waals surface area contributed by atoms with Gasteiger partial charge in [-0.3, -0.25) is 0 Å². The molecule has 1 atom stereocenters. The van der Waals surface area contributed by atoms with Crippen molar-refractivity contribution in [3.63, 3.8) is 0 Å². The van der Waals surface area contributed by atoms with E-state index in [0.717, 1.165) is 17.7 Å². The SMILES string of the molecule is Fc1cc(Cl)c(NC2CCSc3c(F)cccc32)c(Cl)c1. The molecular weight excluding hydrogens is 335 g/mol. The van der Waals surface area contributed by atoms with Crippen LogP contribution >= 0.6 is 35.0 Å². The maximum Gasteiger partial charge on any atom is 0.137 e. The highest BCUT2D eigenvalue weighted by Gasteiger charge is 2.24. The predicted molar refractivity (Wildman–Crippen MR) is 84.5 cm³/mol. The third kappa shape index (κ3) is 2.98. The lowest BCUT2D eigenvalue weighted by molar-refractivity contribution is 0.585. The molecule has 2 aromatic carbocycles. The standard InChI is InChI=1S/C15H11Cl2F2NS/c16-10-6-8(18)7-11(17)14(10)20-13-4-5-21-15-9(13)2-1-3-12(15)19/h1-3,6-7,13,20H,4-5H2. The van der Waals surface area contributed by atoms with E-state index in [1.807, 2.05) is 6.07 Å². The van der Waals surface area contributed by atoms with Gasteiger partial charge in [0, 0.05) is 10.6 Å². The number of nitrogens with one attached hydrogen (secondary N) is 1. The molecule has 1 N–H and O–H groups in total. The van der Waals surface area contributed by atoms with E-state index >= 15 is 0 Å². The van der Waals surface area contributed by atoms with Crippen LogP contribution in [0.4, 0.5) is 14.5 Å². The van der Waals surface area contributed by atoms with Gasteiger partial charge in [0.2, 0.25) is 0 Å². The monoisotopic (exact) mass is 345 g/mol. The number of hydrogen-bond donors (Lipinski definition) is 1. The lowest BCUT2D eigenvalue weighted by atomic mass is 10.0. The summed E-state index contributed by atoms with van der Waals surface area (Å²) in [7, 11) is 0. The van der Waals surface area contributed by atoms with Crippen molar-refractivity contribution in [2.24, 2.45) is 0 Å². The van der Waals surface area contributed by atoms with Gasteiger partial charge >= 0.3 is 0 Å². The van der Waals surface area contributed by atoms with Gasteiger partial charge in [-0.1, -0.05) is 35.3 Å². The molecule has 0 bridgehead atoms. The van der Waals surface area contributed by atoms with E-state index < -0.39 is 5.82 Å². The van der Waals surface area contributed by atoms with Gasteiger partial charge in [0.05, 0.1) is 21.8 Å². The van der Waals surface area contributed by atoms with Crippen molar-refractivity contribution in [1.82, 2.24) is 0 Å². The molecule has 6 heteroatoms. The molecule has 0 spiro atoms. The highest BCUT2D eigenvalue weighted by molar-refractivity contribution is 7.99. The van der Waals surface area contributed by atoms with Crippen LogP contribution in [0.1, 0.15) is 18.0 Å². The van der Waals surface area contributed by atoms with Crippen LogP contribution in [0.5, 0.6) is 0 Å². The number of rotatable bonds is 2. The molecule has 1 aliphatic rings. The summed E-state index contributed by atoms with van der Waals surface area (Å²) in [5.74, 6) is 0.0867. The van der Waals surface area contributed by atoms with Crippen molar-refractivity contribution in [2.75, 3.05) is 11.1 Å². The first-order valence-electron chi connectivity index (χ1n) is 6.38. The molecule has 0 amide bonds. The second-order valence-electron chi connectivity index (χ2n) is 4.74. The lowest BCUT2D eigenvalue weighted by Crippen LogP contribution is -2.17. The van der Waals surface area contributed by atoms with Crippen LogP contribution in [0, 0.1) is 11.6 Å². The molecule has 0 aliphatic carbocycles. The van der Waals surface area contributed by atoms with E-state index in [9.17, 15) is 8.78 Å². The van der Waals surface area contributed by atoms with E-state index in [2.05, 4.69) is 5.32 Å². The van der Waals surface area contributed by atoms with Gasteiger partial charge in [-0.15, -0.1) is 11.8 Å². The largest absolute Gasteiger partial charge is 0.376 e. The van der Waals surface area contributed by atoms with Crippen molar-refractivity contribution in [1.29, 1.82) is 0 Å². The molecule has 0 saturated carbocycles. The number of anilines is 1. The number of halogens is 4. The van der Waals surface area contributed by atoms with E-state index in [4.69, 9.17) is 23.2 Å². The molecule has 0 saturated heterocycles. The Hall–Kier alpha value is -0.970. The molecule has 1 unspecified atom stereocenters. The van der Waals surface area contributed by atoms with Crippen LogP contribution in [0.2, 0.25) is 10.0 Å². The molecule has 2 aromatic rings. The first-order chi connectivity index (χ1) is 10.1. The van der Waals surface area contributed by atoms with E-state index in [1.54, 1.807) is 6.07 Å². The number of fused-ring (bicyclic) bond motifs is 1. The highest BCUT2D eigenvalue weighted by atomic mass is 35.5. The smallest absolute Gasteiger partial charge is 0.137 e. The summed E-state index contributed by atoms with van der Waals surface area (Å²) in [6.07, 6.45) is 0.811. The molecule has 0 aromatic heterocycles. The number of thioether (sulfide) groups is 1. The normalized spacial score (nSPS) is 17.4. The molecule has 21 heavy (non-hydrogen) atoms. The number of benzene rings is 2. The van der Waals surface area contributed by atoms with Crippen LogP contribution in [0.25, 0.3) is 0 Å². The first-order valence-corrected chi connectivity index (χ1v) is 8.12. The Morgan fingerprint density at radius 3 is 2.57 bits per heavy atom. The Labute approximate surface area is 135 Å². The van der Waals surface area contributed by atoms with Gasteiger partial charge in [-0.2, -0.15) is 0 Å². The fraction of sp³-hybridized carbons (Fsp3) is 0.200. The summed E-state index contributed by atoms with van der Waals surface area (Å²) in [5, 5.41) is 3.65. The second-order valence-corrected chi connectivity index (χ2v) is 6.66. The van der Waals surface area contributed by atoms with Crippen LogP contribution in [0.15, 0.2) is 35.2 Å². The van der Waals surface area contributed by atoms with Gasteiger partial charge in [0.1, 0.15) is 11.6 Å². The van der Waals surface area contributed by atoms with Crippen molar-refractivity contribution in [3.05, 3.63) is 57.6 Å². The van der Waals surface area contributed by atoms with Gasteiger partial charge in [0.25, 0.3) is 0 Å². The zero-order chi connectivity index (χ0) is 15.0. The quantitative estimate of drug-likeness (QED) is 0.724. The minimum Gasteiger partial charge on any atom is -0.376 e. The fourth-order valence-electron chi connectivity index (χ4n) is 2.39. The summed E-state index contributed by atoms with van der Waals surface area (Å²) in [4.78, 5) is 0.649. The summed E-state index contributed by atoms with van der Waals surface area (Å²) < 4.78 is 27.1. The van der Waals surface area contributed by atoms with Crippen LogP contribution in [-0.4, -0.2) is 5.75 Å². The Morgan fingerprint density at radius 1 is 1.14 bits per heavy atom. The van der Waals surface area contributed by atoms with E-state index in [0.29, 0.717) is 10.6 Å². The lowest BCUT2D eigenvalue weighted by Gasteiger charge is -2.27. The zero-order valence-corrected chi connectivity index (χ0v) is 13.1. The van der Waals surface area contributed by atoms with Crippen molar-refractivity contribution < 1.29 is 8.78 Å². The Bertz CT molecular complexity index is 670.